The molecule has 0 atom stereocenters. The average molecular weight is 314 g/mol. The van der Waals surface area contributed by atoms with Gasteiger partial charge in [0.1, 0.15) is 11.5 Å². The Bertz CT molecular complexity index is 567. The number of halogens is 2. The molecule has 0 aliphatic heterocycles. The van der Waals surface area contributed by atoms with Gasteiger partial charge in [-0.1, -0.05) is 6.07 Å². The molecule has 0 bridgehead atoms. The Morgan fingerprint density at radius 3 is 2.88 bits per heavy atom. The van der Waals surface area contributed by atoms with Crippen molar-refractivity contribution in [2.24, 2.45) is 0 Å². The van der Waals surface area contributed by atoms with E-state index < -0.39 is 0 Å². The molecular formula is C12H9BrFNOS. The number of aromatic nitrogens is 1. The van der Waals surface area contributed by atoms with E-state index in [1.165, 1.54) is 17.4 Å². The van der Waals surface area contributed by atoms with Gasteiger partial charge < -0.3 is 0 Å². The molecule has 0 unspecified atom stereocenters. The Balaban J connectivity index is 2.15. The van der Waals surface area contributed by atoms with Crippen molar-refractivity contribution in [2.75, 3.05) is 0 Å². The second kappa shape index (κ2) is 5.06. The van der Waals surface area contributed by atoms with Crippen LogP contribution in [-0.2, 0) is 6.42 Å². The summed E-state index contributed by atoms with van der Waals surface area (Å²) in [6, 6.07) is 4.57. The van der Waals surface area contributed by atoms with Crippen molar-refractivity contribution in [3.63, 3.8) is 0 Å². The normalized spacial score (nSPS) is 10.5. The fourth-order valence-electron chi connectivity index (χ4n) is 1.42. The SMILES string of the molecule is Cc1nc(C(=O)Cc2ccc(F)c(Br)c2)cs1. The first kappa shape index (κ1) is 12.4. The summed E-state index contributed by atoms with van der Waals surface area (Å²) in [5.41, 5.74) is 1.25. The number of aryl methyl sites for hydroxylation is 1. The van der Waals surface area contributed by atoms with Gasteiger partial charge in [0, 0.05) is 11.8 Å². The summed E-state index contributed by atoms with van der Waals surface area (Å²) in [7, 11) is 0. The second-order valence-corrected chi connectivity index (χ2v) is 5.52. The van der Waals surface area contributed by atoms with Crippen molar-refractivity contribution >= 4 is 33.0 Å². The summed E-state index contributed by atoms with van der Waals surface area (Å²) < 4.78 is 13.4. The maximum absolute atomic E-state index is 13.0. The van der Waals surface area contributed by atoms with Crippen LogP contribution >= 0.6 is 27.3 Å². The molecule has 2 aromatic rings. The molecular weight excluding hydrogens is 305 g/mol. The summed E-state index contributed by atoms with van der Waals surface area (Å²) in [6.45, 7) is 1.86. The molecule has 0 saturated carbocycles. The lowest BCUT2D eigenvalue weighted by molar-refractivity contribution is 0.0988. The van der Waals surface area contributed by atoms with Crippen LogP contribution in [0.3, 0.4) is 0 Å². The van der Waals surface area contributed by atoms with Crippen LogP contribution in [0.25, 0.3) is 0 Å². The van der Waals surface area contributed by atoms with Gasteiger partial charge in [0.15, 0.2) is 5.78 Å². The second-order valence-electron chi connectivity index (χ2n) is 3.60. The van der Waals surface area contributed by atoms with Crippen molar-refractivity contribution in [1.29, 1.82) is 0 Å². The predicted octanol–water partition coefficient (Wildman–Crippen LogP) is 3.78. The van der Waals surface area contributed by atoms with E-state index in [4.69, 9.17) is 0 Å². The molecule has 17 heavy (non-hydrogen) atoms. The summed E-state index contributed by atoms with van der Waals surface area (Å²) in [5, 5.41) is 2.62. The molecule has 1 heterocycles. The third-order valence-electron chi connectivity index (χ3n) is 2.25. The van der Waals surface area contributed by atoms with Crippen LogP contribution in [-0.4, -0.2) is 10.8 Å². The molecule has 1 aromatic carbocycles. The fraction of sp³-hybridized carbons (Fsp3) is 0.167. The molecule has 2 nitrogen and oxygen atoms in total. The van der Waals surface area contributed by atoms with Crippen molar-refractivity contribution in [1.82, 2.24) is 4.98 Å². The standard InChI is InChI=1S/C12H9BrFNOS/c1-7-15-11(6-17-7)12(16)5-8-2-3-10(14)9(13)4-8/h2-4,6H,5H2,1H3. The van der Waals surface area contributed by atoms with Crippen LogP contribution in [0.2, 0.25) is 0 Å². The van der Waals surface area contributed by atoms with Crippen LogP contribution < -0.4 is 0 Å². The highest BCUT2D eigenvalue weighted by atomic mass is 79.9. The number of Topliss-reactive ketones (excluding diaryl/α,β-unsaturated/α-hetero) is 1. The zero-order valence-corrected chi connectivity index (χ0v) is 11.4. The van der Waals surface area contributed by atoms with Gasteiger partial charge in [0.25, 0.3) is 0 Å². The van der Waals surface area contributed by atoms with Crippen molar-refractivity contribution in [3.8, 4) is 0 Å². The number of carbonyl (C=O) groups excluding carboxylic acids is 1. The van der Waals surface area contributed by atoms with E-state index in [9.17, 15) is 9.18 Å². The lowest BCUT2D eigenvalue weighted by Crippen LogP contribution is -2.04. The lowest BCUT2D eigenvalue weighted by Gasteiger charge is -2.00. The van der Waals surface area contributed by atoms with E-state index in [0.717, 1.165) is 10.6 Å². The largest absolute Gasteiger partial charge is 0.292 e. The molecule has 0 N–H and O–H groups in total. The maximum Gasteiger partial charge on any atom is 0.186 e. The highest BCUT2D eigenvalue weighted by Gasteiger charge is 2.11. The number of hydrogen-bond donors (Lipinski definition) is 0. The van der Waals surface area contributed by atoms with E-state index >= 15 is 0 Å². The first-order valence-electron chi connectivity index (χ1n) is 4.95. The first-order valence-corrected chi connectivity index (χ1v) is 6.63. The maximum atomic E-state index is 13.0. The quantitative estimate of drug-likeness (QED) is 0.807. The van der Waals surface area contributed by atoms with E-state index in [1.807, 2.05) is 6.92 Å². The number of ketones is 1. The lowest BCUT2D eigenvalue weighted by atomic mass is 10.1. The molecule has 5 heteroatoms. The number of thiazole rings is 1. The van der Waals surface area contributed by atoms with Gasteiger partial charge in [-0.2, -0.15) is 0 Å². The minimum Gasteiger partial charge on any atom is -0.292 e. The van der Waals surface area contributed by atoms with E-state index in [1.54, 1.807) is 17.5 Å². The molecule has 0 spiro atoms. The highest BCUT2D eigenvalue weighted by molar-refractivity contribution is 9.10. The molecule has 0 radical (unpaired) electrons. The number of hydrogen-bond acceptors (Lipinski definition) is 3. The van der Waals surface area contributed by atoms with Crippen LogP contribution in [0, 0.1) is 12.7 Å². The minimum absolute atomic E-state index is 0.0483. The summed E-state index contributed by atoms with van der Waals surface area (Å²) in [5.74, 6) is -0.376. The highest BCUT2D eigenvalue weighted by Crippen LogP contribution is 2.18. The first-order chi connectivity index (χ1) is 8.06. The minimum atomic E-state index is -0.328. The summed E-state index contributed by atoms with van der Waals surface area (Å²) in [4.78, 5) is 16.0. The zero-order chi connectivity index (χ0) is 12.4. The third-order valence-corrected chi connectivity index (χ3v) is 3.63. The average Bonchev–Trinajstić information content (AvgIpc) is 2.70. The third kappa shape index (κ3) is 2.98. The fourth-order valence-corrected chi connectivity index (χ4v) is 2.46. The van der Waals surface area contributed by atoms with Crippen LogP contribution in [0.5, 0.6) is 0 Å². The van der Waals surface area contributed by atoms with Gasteiger partial charge in [0.05, 0.1) is 9.48 Å². The Morgan fingerprint density at radius 1 is 1.53 bits per heavy atom. The molecule has 0 aliphatic rings. The predicted molar refractivity (Wildman–Crippen MR) is 69.0 cm³/mol. The van der Waals surface area contributed by atoms with Crippen LogP contribution in [0.4, 0.5) is 4.39 Å². The molecule has 0 fully saturated rings. The van der Waals surface area contributed by atoms with E-state index in [2.05, 4.69) is 20.9 Å². The zero-order valence-electron chi connectivity index (χ0n) is 9.04. The van der Waals surface area contributed by atoms with Crippen LogP contribution in [0.1, 0.15) is 21.1 Å². The van der Waals surface area contributed by atoms with Crippen molar-refractivity contribution < 1.29 is 9.18 Å². The van der Waals surface area contributed by atoms with Crippen molar-refractivity contribution in [3.05, 3.63) is 50.1 Å². The molecule has 1 aromatic heterocycles. The Labute approximate surface area is 111 Å². The molecule has 0 saturated heterocycles. The van der Waals surface area contributed by atoms with E-state index in [-0.39, 0.29) is 18.0 Å². The molecule has 2 rings (SSSR count). The van der Waals surface area contributed by atoms with Crippen molar-refractivity contribution in [2.45, 2.75) is 13.3 Å². The number of carbonyl (C=O) groups is 1. The molecule has 0 amide bonds. The Hall–Kier alpha value is -1.07. The summed E-state index contributed by atoms with van der Waals surface area (Å²) >= 11 is 4.54. The van der Waals surface area contributed by atoms with Gasteiger partial charge in [-0.3, -0.25) is 4.79 Å². The summed E-state index contributed by atoms with van der Waals surface area (Å²) in [6.07, 6.45) is 0.238. The smallest absolute Gasteiger partial charge is 0.186 e. The van der Waals surface area contributed by atoms with Crippen LogP contribution in [0.15, 0.2) is 28.1 Å². The Morgan fingerprint density at radius 2 is 2.29 bits per heavy atom. The van der Waals surface area contributed by atoms with Gasteiger partial charge in [-0.25, -0.2) is 9.37 Å². The van der Waals surface area contributed by atoms with Gasteiger partial charge in [-0.05, 0) is 40.5 Å². The molecule has 0 aliphatic carbocycles. The van der Waals surface area contributed by atoms with Gasteiger partial charge >= 0.3 is 0 Å². The Kier molecular flexibility index (Phi) is 3.69. The van der Waals surface area contributed by atoms with E-state index in [0.29, 0.717) is 10.2 Å². The number of benzene rings is 1. The number of nitrogens with zero attached hydrogens (tertiary/aromatic N) is 1. The van der Waals surface area contributed by atoms with Gasteiger partial charge in [-0.15, -0.1) is 11.3 Å². The monoisotopic (exact) mass is 313 g/mol. The number of rotatable bonds is 3. The molecule has 88 valence electrons. The topological polar surface area (TPSA) is 30.0 Å². The van der Waals surface area contributed by atoms with Gasteiger partial charge in [0.2, 0.25) is 0 Å².